The standard InChI is InChI=1S/C8H6N2O.HO2P/c11-8-9-5-6-3-1-2-4-7(6)10-8;1-3-2/h1-5H,(H,9,10,11);3H/p+1. The molecule has 1 atom stereocenters. The number of benzene rings is 1. The smallest absolute Gasteiger partial charge is 0.305 e. The van der Waals surface area contributed by atoms with Gasteiger partial charge >= 0.3 is 14.4 Å². The van der Waals surface area contributed by atoms with Gasteiger partial charge in [-0.25, -0.2) is 9.78 Å². The molecular formula is C8H8N2O3P+. The maximum absolute atomic E-state index is 10.7. The van der Waals surface area contributed by atoms with Crippen LogP contribution in [0.3, 0.4) is 0 Å². The third-order valence-corrected chi connectivity index (χ3v) is 1.52. The van der Waals surface area contributed by atoms with Gasteiger partial charge in [-0.05, 0) is 10.6 Å². The fourth-order valence-corrected chi connectivity index (χ4v) is 0.999. The van der Waals surface area contributed by atoms with Crippen molar-refractivity contribution in [3.63, 3.8) is 0 Å². The molecule has 0 saturated heterocycles. The molecule has 0 fully saturated rings. The summed E-state index contributed by atoms with van der Waals surface area (Å²) >= 11 is 0. The van der Waals surface area contributed by atoms with Crippen LogP contribution in [0.25, 0.3) is 10.9 Å². The molecule has 14 heavy (non-hydrogen) atoms. The molecule has 1 aromatic carbocycles. The van der Waals surface area contributed by atoms with E-state index in [0.29, 0.717) is 0 Å². The van der Waals surface area contributed by atoms with Crippen LogP contribution in [0.5, 0.6) is 0 Å². The molecule has 6 heteroatoms. The third-order valence-electron chi connectivity index (χ3n) is 1.52. The molecule has 1 aromatic heterocycles. The number of nitrogens with zero attached hydrogens (tertiary/aromatic N) is 1. The van der Waals surface area contributed by atoms with E-state index in [4.69, 9.17) is 9.46 Å². The highest BCUT2D eigenvalue weighted by Crippen LogP contribution is 2.05. The van der Waals surface area contributed by atoms with Crippen LogP contribution in [-0.2, 0) is 4.57 Å². The molecule has 1 unspecified atom stereocenters. The van der Waals surface area contributed by atoms with Gasteiger partial charge in [-0.2, -0.15) is 4.89 Å². The summed E-state index contributed by atoms with van der Waals surface area (Å²) < 4.78 is 8.51. The first-order valence-corrected chi connectivity index (χ1v) is 4.59. The summed E-state index contributed by atoms with van der Waals surface area (Å²) in [6.45, 7) is 0. The SMILES string of the molecule is O=[PH+]O.O=c1ncc2ccccc2[nH]1. The summed E-state index contributed by atoms with van der Waals surface area (Å²) in [7, 11) is -1.17. The molecule has 2 aromatic rings. The fourth-order valence-electron chi connectivity index (χ4n) is 0.999. The maximum atomic E-state index is 10.7. The van der Waals surface area contributed by atoms with Crippen molar-refractivity contribution in [2.24, 2.45) is 0 Å². The van der Waals surface area contributed by atoms with Gasteiger partial charge in [0.25, 0.3) is 0 Å². The summed E-state index contributed by atoms with van der Waals surface area (Å²) in [5, 5.41) is 0.951. The summed E-state index contributed by atoms with van der Waals surface area (Å²) in [6, 6.07) is 7.53. The lowest BCUT2D eigenvalue weighted by Crippen LogP contribution is -2.07. The van der Waals surface area contributed by atoms with Crippen LogP contribution in [0.4, 0.5) is 0 Å². The summed E-state index contributed by atoms with van der Waals surface area (Å²) in [5.74, 6) is 0. The normalized spacial score (nSPS) is 9.50. The molecule has 0 radical (unpaired) electrons. The first-order chi connectivity index (χ1) is 6.77. The van der Waals surface area contributed by atoms with E-state index < -0.39 is 8.69 Å². The van der Waals surface area contributed by atoms with Crippen molar-refractivity contribution >= 4 is 19.6 Å². The van der Waals surface area contributed by atoms with E-state index in [2.05, 4.69) is 9.97 Å². The number of aromatic amines is 1. The molecule has 0 aliphatic carbocycles. The zero-order chi connectivity index (χ0) is 10.4. The first kappa shape index (κ1) is 10.5. The fraction of sp³-hybridized carbons (Fsp3) is 0. The highest BCUT2D eigenvalue weighted by molar-refractivity contribution is 7.16. The van der Waals surface area contributed by atoms with Crippen LogP contribution in [0.15, 0.2) is 35.3 Å². The predicted molar refractivity (Wildman–Crippen MR) is 53.6 cm³/mol. The second-order valence-electron chi connectivity index (χ2n) is 2.37. The van der Waals surface area contributed by atoms with E-state index in [9.17, 15) is 4.79 Å². The Labute approximate surface area is 80.7 Å². The van der Waals surface area contributed by atoms with Gasteiger partial charge in [0.05, 0.1) is 5.52 Å². The number of H-pyrrole nitrogens is 1. The number of nitrogens with one attached hydrogen (secondary N) is 1. The van der Waals surface area contributed by atoms with Gasteiger partial charge in [0, 0.05) is 11.6 Å². The minimum atomic E-state index is -1.17. The highest BCUT2D eigenvalue weighted by atomic mass is 31.1. The molecule has 72 valence electrons. The van der Waals surface area contributed by atoms with Crippen LogP contribution >= 0.6 is 8.69 Å². The third kappa shape index (κ3) is 2.73. The van der Waals surface area contributed by atoms with E-state index >= 15 is 0 Å². The zero-order valence-electron chi connectivity index (χ0n) is 7.10. The lowest BCUT2D eigenvalue weighted by molar-refractivity contribution is 0.524. The second-order valence-corrected chi connectivity index (χ2v) is 2.55. The molecule has 5 nitrogen and oxygen atoms in total. The average molecular weight is 211 g/mol. The van der Waals surface area contributed by atoms with Crippen molar-refractivity contribution in [1.29, 1.82) is 0 Å². The van der Waals surface area contributed by atoms with Crippen molar-refractivity contribution in [3.05, 3.63) is 40.9 Å². The van der Waals surface area contributed by atoms with E-state index in [-0.39, 0.29) is 5.69 Å². The van der Waals surface area contributed by atoms with Crippen molar-refractivity contribution in [3.8, 4) is 0 Å². The van der Waals surface area contributed by atoms with Crippen molar-refractivity contribution < 1.29 is 9.46 Å². The molecule has 2 rings (SSSR count). The van der Waals surface area contributed by atoms with Gasteiger partial charge in [-0.15, -0.1) is 0 Å². The maximum Gasteiger partial charge on any atom is 0.491 e. The topological polar surface area (TPSA) is 83.0 Å². The molecule has 0 amide bonds. The number of rotatable bonds is 0. The van der Waals surface area contributed by atoms with Crippen LogP contribution in [0, 0.1) is 0 Å². The number of hydrogen-bond donors (Lipinski definition) is 2. The van der Waals surface area contributed by atoms with Gasteiger partial charge in [0.15, 0.2) is 0 Å². The number of para-hydroxylation sites is 1. The number of hydrogen-bond acceptors (Lipinski definition) is 3. The Kier molecular flexibility index (Phi) is 3.91. The number of fused-ring (bicyclic) bond motifs is 1. The summed E-state index contributed by atoms with van der Waals surface area (Å²) in [6.07, 6.45) is 1.56. The zero-order valence-corrected chi connectivity index (χ0v) is 8.10. The highest BCUT2D eigenvalue weighted by Gasteiger charge is 1.90. The van der Waals surface area contributed by atoms with Crippen LogP contribution < -0.4 is 5.69 Å². The largest absolute Gasteiger partial charge is 0.491 e. The van der Waals surface area contributed by atoms with E-state index in [1.54, 1.807) is 6.20 Å². The van der Waals surface area contributed by atoms with Gasteiger partial charge in [-0.1, -0.05) is 18.2 Å². The molecular weight excluding hydrogens is 203 g/mol. The van der Waals surface area contributed by atoms with E-state index in [1.807, 2.05) is 24.3 Å². The molecule has 0 saturated carbocycles. The van der Waals surface area contributed by atoms with E-state index in [1.165, 1.54) is 0 Å². The van der Waals surface area contributed by atoms with Gasteiger partial charge < -0.3 is 4.98 Å². The van der Waals surface area contributed by atoms with Crippen LogP contribution in [0.1, 0.15) is 0 Å². The Morgan fingerprint density at radius 2 is 2.00 bits per heavy atom. The predicted octanol–water partition coefficient (Wildman–Crippen LogP) is 0.841. The minimum Gasteiger partial charge on any atom is -0.305 e. The van der Waals surface area contributed by atoms with Gasteiger partial charge in [0.1, 0.15) is 0 Å². The summed E-state index contributed by atoms with van der Waals surface area (Å²) in [5.41, 5.74) is 0.524. The first-order valence-electron chi connectivity index (χ1n) is 3.73. The Bertz CT molecular complexity index is 483. The molecule has 0 aliphatic heterocycles. The quantitative estimate of drug-likeness (QED) is 0.632. The van der Waals surface area contributed by atoms with Crippen molar-refractivity contribution in [2.75, 3.05) is 0 Å². The second kappa shape index (κ2) is 5.21. The van der Waals surface area contributed by atoms with Crippen LogP contribution in [-0.4, -0.2) is 14.9 Å². The van der Waals surface area contributed by atoms with Crippen LogP contribution in [0.2, 0.25) is 0 Å². The number of aromatic nitrogens is 2. The van der Waals surface area contributed by atoms with Gasteiger partial charge in [0.2, 0.25) is 0 Å². The van der Waals surface area contributed by atoms with Crippen molar-refractivity contribution in [1.82, 2.24) is 9.97 Å². The Morgan fingerprint density at radius 3 is 2.71 bits per heavy atom. The Hall–Kier alpha value is -1.58. The molecule has 2 N–H and O–H groups in total. The minimum absolute atomic E-state index is 0.302. The monoisotopic (exact) mass is 211 g/mol. The molecule has 0 aliphatic rings. The molecule has 0 bridgehead atoms. The summed E-state index contributed by atoms with van der Waals surface area (Å²) in [4.78, 5) is 24.0. The lowest BCUT2D eigenvalue weighted by Gasteiger charge is -1.92. The average Bonchev–Trinajstić information content (AvgIpc) is 2.19. The van der Waals surface area contributed by atoms with Crippen molar-refractivity contribution in [2.45, 2.75) is 0 Å². The molecule has 1 heterocycles. The van der Waals surface area contributed by atoms with Gasteiger partial charge in [-0.3, -0.25) is 0 Å². The lowest BCUT2D eigenvalue weighted by atomic mass is 10.2. The molecule has 0 spiro atoms. The Balaban J connectivity index is 0.000000293. The van der Waals surface area contributed by atoms with E-state index in [0.717, 1.165) is 10.9 Å². The Morgan fingerprint density at radius 1 is 1.36 bits per heavy atom.